The highest BCUT2D eigenvalue weighted by atomic mass is 35.5. The van der Waals surface area contributed by atoms with Gasteiger partial charge in [-0.05, 0) is 24.6 Å². The minimum Gasteiger partial charge on any atom is -0.391 e. The fourth-order valence-electron chi connectivity index (χ4n) is 4.58. The van der Waals surface area contributed by atoms with Gasteiger partial charge in [0.1, 0.15) is 0 Å². The molecule has 1 saturated heterocycles. The number of nitrogens with zero attached hydrogens (tertiary/aromatic N) is 5. The molecule has 1 amide bonds. The van der Waals surface area contributed by atoms with Gasteiger partial charge in [-0.2, -0.15) is 0 Å². The average molecular weight is 493 g/mol. The predicted molar refractivity (Wildman–Crippen MR) is 128 cm³/mol. The minimum absolute atomic E-state index is 0. The molecule has 3 aromatic rings. The van der Waals surface area contributed by atoms with Gasteiger partial charge in [0.05, 0.1) is 24.1 Å². The zero-order chi connectivity index (χ0) is 24.1. The summed E-state index contributed by atoms with van der Waals surface area (Å²) >= 11 is 0. The van der Waals surface area contributed by atoms with Gasteiger partial charge >= 0.3 is 5.69 Å². The van der Waals surface area contributed by atoms with Crippen molar-refractivity contribution in [2.75, 3.05) is 13.1 Å². The number of imidazole rings is 1. The molecule has 1 aliphatic heterocycles. The third-order valence-corrected chi connectivity index (χ3v) is 6.40. The molecule has 1 aromatic carbocycles. The van der Waals surface area contributed by atoms with Crippen LogP contribution in [0.4, 0.5) is 0 Å². The number of aliphatic hydroxyl groups excluding tert-OH is 1. The van der Waals surface area contributed by atoms with Crippen LogP contribution in [-0.2, 0) is 20.6 Å². The number of benzene rings is 1. The predicted octanol–water partition coefficient (Wildman–Crippen LogP) is -0.487. The summed E-state index contributed by atoms with van der Waals surface area (Å²) in [6.07, 6.45) is 0.393. The van der Waals surface area contributed by atoms with Crippen LogP contribution in [0.2, 0.25) is 0 Å². The number of aryl methyl sites for hydroxylation is 1. The fraction of sp³-hybridized carbons (Fsp3) is 0.455. The maximum Gasteiger partial charge on any atom is 0.332 e. The molecule has 3 atom stereocenters. The Morgan fingerprint density at radius 3 is 2.62 bits per heavy atom. The van der Waals surface area contributed by atoms with Gasteiger partial charge in [0, 0.05) is 45.7 Å². The zero-order valence-corrected chi connectivity index (χ0v) is 20.0. The normalized spacial score (nSPS) is 22.9. The molecule has 0 radical (unpaired) electrons. The maximum atomic E-state index is 13.3. The number of fused-ring (bicyclic) bond motifs is 1. The fourth-order valence-corrected chi connectivity index (χ4v) is 4.58. The zero-order valence-electron chi connectivity index (χ0n) is 19.2. The lowest BCUT2D eigenvalue weighted by atomic mass is 9.91. The summed E-state index contributed by atoms with van der Waals surface area (Å²) in [4.78, 5) is 44.3. The molecule has 4 rings (SSSR count). The van der Waals surface area contributed by atoms with E-state index in [1.807, 2.05) is 6.07 Å². The number of aromatic nitrogens is 4. The summed E-state index contributed by atoms with van der Waals surface area (Å²) in [6, 6.07) is 6.13. The highest BCUT2D eigenvalue weighted by molar-refractivity contribution is 5.94. The molecule has 4 N–H and O–H groups in total. The first kappa shape index (κ1) is 25.6. The van der Waals surface area contributed by atoms with E-state index in [2.05, 4.69) is 4.98 Å². The molecule has 0 aliphatic carbocycles. The number of carbonyl (C=O) groups is 1. The lowest BCUT2D eigenvalue weighted by molar-refractivity contribution is -0.0216. The molecule has 11 nitrogen and oxygen atoms in total. The Morgan fingerprint density at radius 1 is 1.24 bits per heavy atom. The molecule has 34 heavy (non-hydrogen) atoms. The van der Waals surface area contributed by atoms with Crippen LogP contribution in [0.3, 0.4) is 0 Å². The van der Waals surface area contributed by atoms with Crippen molar-refractivity contribution >= 4 is 29.5 Å². The van der Waals surface area contributed by atoms with Crippen LogP contribution < -0.4 is 17.0 Å². The Balaban J connectivity index is 0.00000324. The van der Waals surface area contributed by atoms with Crippen molar-refractivity contribution in [1.29, 1.82) is 0 Å². The van der Waals surface area contributed by atoms with Gasteiger partial charge in [0.25, 0.3) is 11.5 Å². The molecular formula is C22H29ClN6O5. The number of halogens is 1. The number of hydrogen-bond donors (Lipinski definition) is 3. The number of aliphatic hydroxyl groups is 2. The molecular weight excluding hydrogens is 464 g/mol. The third-order valence-electron chi connectivity index (χ3n) is 6.40. The molecule has 0 unspecified atom stereocenters. The Morgan fingerprint density at radius 2 is 1.94 bits per heavy atom. The van der Waals surface area contributed by atoms with Crippen molar-refractivity contribution in [3.8, 4) is 0 Å². The molecule has 184 valence electrons. The summed E-state index contributed by atoms with van der Waals surface area (Å²) < 4.78 is 3.74. The van der Waals surface area contributed by atoms with E-state index in [1.54, 1.807) is 25.1 Å². The molecule has 0 bridgehead atoms. The van der Waals surface area contributed by atoms with Crippen LogP contribution in [-0.4, -0.2) is 64.5 Å². The Bertz CT molecular complexity index is 1340. The highest BCUT2D eigenvalue weighted by Crippen LogP contribution is 2.33. The molecule has 1 fully saturated rings. The summed E-state index contributed by atoms with van der Waals surface area (Å²) in [7, 11) is 2.88. The van der Waals surface area contributed by atoms with Crippen molar-refractivity contribution in [3.63, 3.8) is 0 Å². The topological polar surface area (TPSA) is 149 Å². The number of nitrogens with two attached hydrogens (primary N) is 1. The van der Waals surface area contributed by atoms with Crippen LogP contribution in [0, 0.1) is 0 Å². The van der Waals surface area contributed by atoms with Crippen LogP contribution in [0.1, 0.15) is 35.3 Å². The minimum atomic E-state index is -1.47. The van der Waals surface area contributed by atoms with Crippen LogP contribution in [0.25, 0.3) is 11.2 Å². The summed E-state index contributed by atoms with van der Waals surface area (Å²) in [5, 5.41) is 21.9. The van der Waals surface area contributed by atoms with Crippen LogP contribution in [0.5, 0.6) is 0 Å². The summed E-state index contributed by atoms with van der Waals surface area (Å²) in [5.74, 6) is -0.322. The second kappa shape index (κ2) is 9.34. The lowest BCUT2D eigenvalue weighted by Gasteiger charge is -2.34. The Kier molecular flexibility index (Phi) is 7.04. The Hall–Kier alpha value is -2.99. The molecule has 3 heterocycles. The van der Waals surface area contributed by atoms with E-state index < -0.39 is 29.0 Å². The summed E-state index contributed by atoms with van der Waals surface area (Å²) in [5.41, 5.74) is 4.69. The van der Waals surface area contributed by atoms with Gasteiger partial charge in [-0.15, -0.1) is 12.4 Å². The van der Waals surface area contributed by atoms with E-state index in [0.29, 0.717) is 5.56 Å². The van der Waals surface area contributed by atoms with Crippen molar-refractivity contribution in [1.82, 2.24) is 23.6 Å². The number of β-amino-alcohol motifs (C(OH)–C–C–N with tert-alkyl or cyclic N) is 1. The number of hydrogen-bond acceptors (Lipinski definition) is 7. The number of rotatable bonds is 3. The number of likely N-dealkylation sites (tertiary alicyclic amines) is 1. The monoisotopic (exact) mass is 492 g/mol. The van der Waals surface area contributed by atoms with E-state index >= 15 is 0 Å². The van der Waals surface area contributed by atoms with Crippen LogP contribution in [0.15, 0.2) is 40.2 Å². The molecule has 2 aromatic heterocycles. The quantitative estimate of drug-likeness (QED) is 0.446. The van der Waals surface area contributed by atoms with E-state index in [-0.39, 0.29) is 55.5 Å². The first-order chi connectivity index (χ1) is 15.5. The van der Waals surface area contributed by atoms with Crippen molar-refractivity contribution in [2.24, 2.45) is 19.8 Å². The SMILES string of the molecule is Cl.Cn1c(=O)c2c(ncn2[C@@H]2CN(C(=O)c3cccc(CN)c3)C[C@@H](O)C[C@@]2(C)O)n(C)c1=O. The van der Waals surface area contributed by atoms with Crippen LogP contribution >= 0.6 is 12.4 Å². The molecule has 12 heteroatoms. The van der Waals surface area contributed by atoms with Gasteiger partial charge < -0.3 is 25.4 Å². The van der Waals surface area contributed by atoms with E-state index in [0.717, 1.165) is 10.1 Å². The van der Waals surface area contributed by atoms with Gasteiger partial charge in [-0.3, -0.25) is 18.7 Å². The van der Waals surface area contributed by atoms with Crippen molar-refractivity contribution < 1.29 is 15.0 Å². The highest BCUT2D eigenvalue weighted by Gasteiger charge is 2.42. The van der Waals surface area contributed by atoms with E-state index in [1.165, 1.54) is 34.5 Å². The smallest absolute Gasteiger partial charge is 0.332 e. The second-order valence-electron chi connectivity index (χ2n) is 8.88. The Labute approximate surface area is 201 Å². The largest absolute Gasteiger partial charge is 0.391 e. The van der Waals surface area contributed by atoms with Gasteiger partial charge in [0.15, 0.2) is 11.2 Å². The van der Waals surface area contributed by atoms with E-state index in [9.17, 15) is 24.6 Å². The lowest BCUT2D eigenvalue weighted by Crippen LogP contribution is -2.44. The van der Waals surface area contributed by atoms with Crippen molar-refractivity contribution in [3.05, 3.63) is 62.6 Å². The third kappa shape index (κ3) is 4.27. The molecule has 1 aliphatic rings. The van der Waals surface area contributed by atoms with Gasteiger partial charge in [-0.25, -0.2) is 9.78 Å². The first-order valence-electron chi connectivity index (χ1n) is 10.7. The van der Waals surface area contributed by atoms with Crippen molar-refractivity contribution in [2.45, 2.75) is 37.6 Å². The molecule has 0 saturated carbocycles. The first-order valence-corrected chi connectivity index (χ1v) is 10.7. The average Bonchev–Trinajstić information content (AvgIpc) is 3.17. The van der Waals surface area contributed by atoms with Gasteiger partial charge in [-0.1, -0.05) is 12.1 Å². The number of carbonyl (C=O) groups excluding carboxylic acids is 1. The summed E-state index contributed by atoms with van der Waals surface area (Å²) in [6.45, 7) is 1.88. The van der Waals surface area contributed by atoms with Gasteiger partial charge in [0.2, 0.25) is 0 Å². The number of amides is 1. The molecule has 0 spiro atoms. The second-order valence-corrected chi connectivity index (χ2v) is 8.88. The van der Waals surface area contributed by atoms with E-state index in [4.69, 9.17) is 5.73 Å². The standard InChI is InChI=1S/C22H28N6O5.ClH/c1-22(33)8-15(29)10-27(19(30)14-6-4-5-13(7-14)9-23)11-16(22)28-12-24-18-17(28)20(31)26(3)21(32)25(18)2;/h4-7,12,15-16,29,33H,8-11,23H2,1-3H3;1H/t15-,16+,22+;/m0./s1. The maximum absolute atomic E-state index is 13.3.